The van der Waals surface area contributed by atoms with Crippen molar-refractivity contribution in [2.75, 3.05) is 12.5 Å². The van der Waals surface area contributed by atoms with Gasteiger partial charge in [0, 0.05) is 18.8 Å². The van der Waals surface area contributed by atoms with Crippen LogP contribution < -0.4 is 0 Å². The molecule has 0 N–H and O–H groups in total. The molecular weight excluding hydrogens is 280 g/mol. The number of aromatic nitrogens is 2. The first kappa shape index (κ1) is 14.2. The van der Waals surface area contributed by atoms with Crippen LogP contribution in [0.15, 0.2) is 27.4 Å². The van der Waals surface area contributed by atoms with Gasteiger partial charge in [0.05, 0.1) is 0 Å². The van der Waals surface area contributed by atoms with Crippen molar-refractivity contribution in [3.05, 3.63) is 18.0 Å². The Bertz CT molecular complexity index is 558. The Morgan fingerprint density at radius 3 is 2.84 bits per heavy atom. The van der Waals surface area contributed by atoms with E-state index in [1.807, 2.05) is 19.4 Å². The number of hydrogen-bond donors (Lipinski definition) is 0. The van der Waals surface area contributed by atoms with Crippen molar-refractivity contribution in [3.63, 3.8) is 0 Å². The van der Waals surface area contributed by atoms with Gasteiger partial charge in [-0.15, -0.1) is 0 Å². The number of nitrogens with zero attached hydrogens (tertiary/aromatic N) is 4. The van der Waals surface area contributed by atoms with Crippen molar-refractivity contribution >= 4 is 40.7 Å². The van der Waals surface area contributed by atoms with Gasteiger partial charge in [-0.25, -0.2) is 20.0 Å². The molecule has 0 fully saturated rings. The van der Waals surface area contributed by atoms with Gasteiger partial charge in [0.2, 0.25) is 5.78 Å². The number of aliphatic imine (C=N–C) groups is 2. The van der Waals surface area contributed by atoms with E-state index >= 15 is 0 Å². The fourth-order valence-corrected chi connectivity index (χ4v) is 2.50. The summed E-state index contributed by atoms with van der Waals surface area (Å²) in [7, 11) is 0. The van der Waals surface area contributed by atoms with Crippen LogP contribution in [0.1, 0.15) is 23.8 Å². The highest BCUT2D eigenvalue weighted by atomic mass is 32.2. The largest absolute Gasteiger partial charge is 0.290 e. The van der Waals surface area contributed by atoms with Crippen LogP contribution in [0.3, 0.4) is 0 Å². The Balaban J connectivity index is 2.33. The van der Waals surface area contributed by atoms with E-state index in [4.69, 9.17) is 0 Å². The van der Waals surface area contributed by atoms with Gasteiger partial charge < -0.3 is 0 Å². The van der Waals surface area contributed by atoms with Crippen LogP contribution in [-0.2, 0) is 0 Å². The van der Waals surface area contributed by atoms with Crippen LogP contribution in [-0.4, -0.2) is 45.2 Å². The second kappa shape index (κ2) is 5.83. The molecule has 1 unspecified atom stereocenters. The van der Waals surface area contributed by atoms with Crippen molar-refractivity contribution in [2.45, 2.75) is 24.0 Å². The maximum Gasteiger partial charge on any atom is 0.208 e. The van der Waals surface area contributed by atoms with Crippen molar-refractivity contribution < 1.29 is 4.79 Å². The minimum atomic E-state index is -0.815. The lowest BCUT2D eigenvalue weighted by atomic mass is 9.91. The van der Waals surface area contributed by atoms with Crippen LogP contribution in [0.2, 0.25) is 0 Å². The molecule has 0 bridgehead atoms. The molecule has 1 aliphatic heterocycles. The SMILES string of the molecule is CSC1=NC(C)(C(=O)c2ccnc(SC)n2)CC=N1. The maximum absolute atomic E-state index is 12.6. The fraction of sp³-hybridized carbons (Fsp3) is 0.417. The van der Waals surface area contributed by atoms with Gasteiger partial charge in [0.1, 0.15) is 11.2 Å². The van der Waals surface area contributed by atoms with Gasteiger partial charge in [-0.2, -0.15) is 0 Å². The smallest absolute Gasteiger partial charge is 0.208 e. The van der Waals surface area contributed by atoms with E-state index < -0.39 is 5.54 Å². The van der Waals surface area contributed by atoms with Crippen molar-refractivity contribution in [2.24, 2.45) is 9.98 Å². The molecule has 1 atom stereocenters. The molecule has 1 aromatic heterocycles. The van der Waals surface area contributed by atoms with E-state index in [9.17, 15) is 4.79 Å². The monoisotopic (exact) mass is 294 g/mol. The summed E-state index contributed by atoms with van der Waals surface area (Å²) >= 11 is 2.84. The van der Waals surface area contributed by atoms with Gasteiger partial charge in [-0.1, -0.05) is 23.5 Å². The molecule has 1 aromatic rings. The van der Waals surface area contributed by atoms with E-state index in [2.05, 4.69) is 20.0 Å². The molecule has 19 heavy (non-hydrogen) atoms. The van der Waals surface area contributed by atoms with E-state index in [-0.39, 0.29) is 5.78 Å². The number of thioether (sulfide) groups is 2. The molecule has 0 aromatic carbocycles. The highest BCUT2D eigenvalue weighted by Gasteiger charge is 2.36. The summed E-state index contributed by atoms with van der Waals surface area (Å²) in [6, 6.07) is 1.63. The molecule has 5 nitrogen and oxygen atoms in total. The first-order valence-corrected chi connectivity index (χ1v) is 8.12. The average molecular weight is 294 g/mol. The molecule has 2 rings (SSSR count). The van der Waals surface area contributed by atoms with Crippen molar-refractivity contribution in [1.29, 1.82) is 0 Å². The van der Waals surface area contributed by atoms with Gasteiger partial charge in [-0.3, -0.25) is 4.79 Å². The Kier molecular flexibility index (Phi) is 4.36. The molecule has 0 amide bonds. The van der Waals surface area contributed by atoms with Gasteiger partial charge in [-0.05, 0) is 25.5 Å². The molecular formula is C12H14N4OS2. The molecule has 0 saturated carbocycles. The molecule has 1 aliphatic rings. The van der Waals surface area contributed by atoms with Crippen molar-refractivity contribution in [3.8, 4) is 0 Å². The van der Waals surface area contributed by atoms with Gasteiger partial charge >= 0.3 is 0 Å². The van der Waals surface area contributed by atoms with Crippen LogP contribution in [0.25, 0.3) is 0 Å². The first-order chi connectivity index (χ1) is 9.09. The zero-order valence-corrected chi connectivity index (χ0v) is 12.6. The topological polar surface area (TPSA) is 67.6 Å². The lowest BCUT2D eigenvalue weighted by Gasteiger charge is -2.24. The minimum absolute atomic E-state index is 0.0945. The number of carbonyl (C=O) groups is 1. The third-order valence-electron chi connectivity index (χ3n) is 2.75. The number of rotatable bonds is 3. The standard InChI is InChI=1S/C12H14N4OS2/c1-12(5-7-14-11(16-12)19-3)9(17)8-4-6-13-10(15-8)18-2/h4,6-7H,5H2,1-3H3. The summed E-state index contributed by atoms with van der Waals surface area (Å²) < 4.78 is 0. The Morgan fingerprint density at radius 2 is 2.16 bits per heavy atom. The van der Waals surface area contributed by atoms with Crippen LogP contribution in [0.5, 0.6) is 0 Å². The van der Waals surface area contributed by atoms with E-state index in [0.29, 0.717) is 22.4 Å². The summed E-state index contributed by atoms with van der Waals surface area (Å²) in [6.45, 7) is 1.82. The number of ketones is 1. The summed E-state index contributed by atoms with van der Waals surface area (Å²) in [4.78, 5) is 29.5. The molecule has 2 heterocycles. The maximum atomic E-state index is 12.6. The molecule has 0 spiro atoms. The van der Waals surface area contributed by atoms with Crippen LogP contribution in [0, 0.1) is 0 Å². The average Bonchev–Trinajstić information content (AvgIpc) is 2.46. The number of Topliss-reactive ketones (excluding diaryl/α,β-unsaturated/α-hetero) is 1. The number of hydrogen-bond acceptors (Lipinski definition) is 7. The first-order valence-electron chi connectivity index (χ1n) is 5.67. The Hall–Kier alpha value is -1.21. The second-order valence-electron chi connectivity index (χ2n) is 4.15. The molecule has 0 saturated heterocycles. The second-order valence-corrected chi connectivity index (χ2v) is 5.69. The predicted octanol–water partition coefficient (Wildman–Crippen LogP) is 2.33. The van der Waals surface area contributed by atoms with Crippen LogP contribution >= 0.6 is 23.5 Å². The quantitative estimate of drug-likeness (QED) is 0.486. The number of amidine groups is 1. The zero-order chi connectivity index (χ0) is 13.9. The summed E-state index contributed by atoms with van der Waals surface area (Å²) in [6.07, 6.45) is 7.61. The lowest BCUT2D eigenvalue weighted by Crippen LogP contribution is -2.37. The zero-order valence-electron chi connectivity index (χ0n) is 11.0. The normalized spacial score (nSPS) is 22.2. The van der Waals surface area contributed by atoms with E-state index in [1.165, 1.54) is 23.5 Å². The third-order valence-corrected chi connectivity index (χ3v) is 3.88. The highest BCUT2D eigenvalue weighted by Crippen LogP contribution is 2.25. The molecule has 0 radical (unpaired) electrons. The van der Waals surface area contributed by atoms with Crippen molar-refractivity contribution in [1.82, 2.24) is 9.97 Å². The third kappa shape index (κ3) is 3.03. The minimum Gasteiger partial charge on any atom is -0.290 e. The van der Waals surface area contributed by atoms with Gasteiger partial charge in [0.15, 0.2) is 10.3 Å². The summed E-state index contributed by atoms with van der Waals surface area (Å²) in [5.41, 5.74) is -0.411. The number of carbonyl (C=O) groups excluding carboxylic acids is 1. The molecule has 7 heteroatoms. The lowest BCUT2D eigenvalue weighted by molar-refractivity contribution is 0.0901. The molecule has 0 aliphatic carbocycles. The summed E-state index contributed by atoms with van der Waals surface area (Å²) in [5, 5.41) is 1.22. The fourth-order valence-electron chi connectivity index (χ4n) is 1.67. The Labute approximate surface area is 120 Å². The van der Waals surface area contributed by atoms with E-state index in [1.54, 1.807) is 18.5 Å². The van der Waals surface area contributed by atoms with Gasteiger partial charge in [0.25, 0.3) is 0 Å². The highest BCUT2D eigenvalue weighted by molar-refractivity contribution is 8.13. The molecule has 100 valence electrons. The van der Waals surface area contributed by atoms with E-state index in [0.717, 1.165) is 0 Å². The Morgan fingerprint density at radius 1 is 1.37 bits per heavy atom. The summed E-state index contributed by atoms with van der Waals surface area (Å²) in [5.74, 6) is -0.0945. The predicted molar refractivity (Wildman–Crippen MR) is 80.6 cm³/mol. The van der Waals surface area contributed by atoms with Crippen LogP contribution in [0.4, 0.5) is 0 Å².